The Labute approximate surface area is 58.1 Å². The summed E-state index contributed by atoms with van der Waals surface area (Å²) >= 11 is 0. The molecule has 2 amide bonds. The fourth-order valence-electron chi connectivity index (χ4n) is 0.533. The summed E-state index contributed by atoms with van der Waals surface area (Å²) in [4.78, 5) is 13.9. The van der Waals surface area contributed by atoms with Gasteiger partial charge in [0.05, 0.1) is 0 Å². The average Bonchev–Trinajstić information content (AvgIpc) is 1.88. The molecule has 0 aliphatic heterocycles. The van der Waals surface area contributed by atoms with E-state index in [-0.39, 0.29) is 0 Å². The highest BCUT2D eigenvalue weighted by Crippen LogP contribution is 1.97. The molecule has 0 unspecified atom stereocenters. The van der Waals surface area contributed by atoms with E-state index in [1.807, 2.05) is 0 Å². The summed E-state index contributed by atoms with van der Waals surface area (Å²) in [7, 11) is 0. The molecule has 1 rings (SSSR count). The van der Waals surface area contributed by atoms with Gasteiger partial charge in [-0.2, -0.15) is 5.32 Å². The van der Waals surface area contributed by atoms with Crippen LogP contribution in [0.25, 0.3) is 0 Å². The van der Waals surface area contributed by atoms with Crippen molar-refractivity contribution in [3.05, 3.63) is 24.4 Å². The topological polar surface area (TPSA) is 70.1 Å². The van der Waals surface area contributed by atoms with E-state index in [2.05, 4.69) is 10.3 Å². The van der Waals surface area contributed by atoms with Gasteiger partial charge in [-0.1, -0.05) is 6.07 Å². The van der Waals surface area contributed by atoms with E-state index < -0.39 is 6.03 Å². The van der Waals surface area contributed by atoms with Crippen LogP contribution in [0, 0.1) is 0 Å². The predicted molar refractivity (Wildman–Crippen MR) is 35.6 cm³/mol. The van der Waals surface area contributed by atoms with Gasteiger partial charge in [-0.3, -0.25) is 0 Å². The second kappa shape index (κ2) is 2.82. The third kappa shape index (κ3) is 1.74. The van der Waals surface area contributed by atoms with E-state index >= 15 is 0 Å². The van der Waals surface area contributed by atoms with Gasteiger partial charge in [0.1, 0.15) is 0 Å². The molecule has 1 aromatic heterocycles. The Morgan fingerprint density at radius 2 is 2.40 bits per heavy atom. The maximum absolute atomic E-state index is 10.2. The van der Waals surface area contributed by atoms with Crippen LogP contribution in [0.4, 0.5) is 10.6 Å². The molecular formula is C6H6N3O. The first-order chi connectivity index (χ1) is 4.79. The maximum Gasteiger partial charge on any atom is 0.340 e. The molecule has 0 fully saturated rings. The molecule has 0 aliphatic rings. The summed E-state index contributed by atoms with van der Waals surface area (Å²) in [6.45, 7) is 0. The fraction of sp³-hybridized carbons (Fsp3) is 0. The van der Waals surface area contributed by atoms with Crippen molar-refractivity contribution in [2.45, 2.75) is 0 Å². The van der Waals surface area contributed by atoms with Gasteiger partial charge in [0, 0.05) is 6.20 Å². The number of nitrogens with zero attached hydrogens (tertiary/aromatic N) is 2. The van der Waals surface area contributed by atoms with Gasteiger partial charge < -0.3 is 5.73 Å². The lowest BCUT2D eigenvalue weighted by Gasteiger charge is -1.92. The zero-order valence-electron chi connectivity index (χ0n) is 5.19. The summed E-state index contributed by atoms with van der Waals surface area (Å²) in [5.74, 6) is 0.343. The standard InChI is InChI=1S/C6H6N3O/c7-6(10)9-5-3-1-2-4-8-5/h1-4H,(H2,7,10). The minimum atomic E-state index is -0.723. The molecule has 4 heteroatoms. The number of urea groups is 1. The summed E-state index contributed by atoms with van der Waals surface area (Å²) < 4.78 is 0. The lowest BCUT2D eigenvalue weighted by Crippen LogP contribution is -2.18. The van der Waals surface area contributed by atoms with Crippen molar-refractivity contribution in [2.24, 2.45) is 5.73 Å². The van der Waals surface area contributed by atoms with Gasteiger partial charge in [0.2, 0.25) is 0 Å². The number of hydrogen-bond donors (Lipinski definition) is 1. The molecule has 0 aromatic carbocycles. The van der Waals surface area contributed by atoms with Crippen LogP contribution in [-0.4, -0.2) is 11.0 Å². The lowest BCUT2D eigenvalue weighted by atomic mass is 10.5. The van der Waals surface area contributed by atoms with Crippen molar-refractivity contribution in [1.29, 1.82) is 0 Å². The molecule has 51 valence electrons. The van der Waals surface area contributed by atoms with Crippen LogP contribution in [0.2, 0.25) is 0 Å². The Hall–Kier alpha value is -1.58. The van der Waals surface area contributed by atoms with Gasteiger partial charge in [-0.15, -0.1) is 0 Å². The van der Waals surface area contributed by atoms with E-state index in [4.69, 9.17) is 5.73 Å². The molecule has 1 aromatic rings. The fourth-order valence-corrected chi connectivity index (χ4v) is 0.533. The Kier molecular flexibility index (Phi) is 1.84. The summed E-state index contributed by atoms with van der Waals surface area (Å²) in [6.07, 6.45) is 1.54. The summed E-state index contributed by atoms with van der Waals surface area (Å²) in [5.41, 5.74) is 4.78. The van der Waals surface area contributed by atoms with Crippen molar-refractivity contribution in [3.8, 4) is 0 Å². The van der Waals surface area contributed by atoms with E-state index in [1.165, 1.54) is 0 Å². The van der Waals surface area contributed by atoms with Crippen LogP contribution in [-0.2, 0) is 0 Å². The Balaban J connectivity index is 2.67. The molecule has 2 N–H and O–H groups in total. The number of aromatic nitrogens is 1. The van der Waals surface area contributed by atoms with Crippen LogP contribution in [0.15, 0.2) is 24.4 Å². The van der Waals surface area contributed by atoms with Crippen LogP contribution >= 0.6 is 0 Å². The molecule has 4 nitrogen and oxygen atoms in total. The van der Waals surface area contributed by atoms with Crippen molar-refractivity contribution in [3.63, 3.8) is 0 Å². The zero-order valence-corrected chi connectivity index (χ0v) is 5.19. The zero-order chi connectivity index (χ0) is 7.40. The number of hydrogen-bond acceptors (Lipinski definition) is 2. The molecule has 1 heterocycles. The molecule has 0 atom stereocenters. The van der Waals surface area contributed by atoms with Crippen molar-refractivity contribution in [2.75, 3.05) is 0 Å². The van der Waals surface area contributed by atoms with E-state index in [1.54, 1.807) is 24.4 Å². The Morgan fingerprint density at radius 3 is 2.90 bits per heavy atom. The highest BCUT2D eigenvalue weighted by Gasteiger charge is 1.95. The van der Waals surface area contributed by atoms with Crippen LogP contribution in [0.1, 0.15) is 0 Å². The molecule has 0 bridgehead atoms. The number of carbonyl (C=O) groups excluding carboxylic acids is 1. The predicted octanol–water partition coefficient (Wildman–Crippen LogP) is 0.396. The SMILES string of the molecule is NC(=O)[N]c1ccccn1. The van der Waals surface area contributed by atoms with Crippen LogP contribution in [0.5, 0.6) is 0 Å². The molecule has 1 radical (unpaired) electrons. The number of amides is 2. The molecular weight excluding hydrogens is 130 g/mol. The quantitative estimate of drug-likeness (QED) is 0.606. The molecule has 0 aliphatic carbocycles. The summed E-state index contributed by atoms with van der Waals surface area (Å²) in [6, 6.07) is 4.35. The number of rotatable bonds is 1. The number of pyridine rings is 1. The second-order valence-corrected chi connectivity index (χ2v) is 1.64. The molecule has 10 heavy (non-hydrogen) atoms. The van der Waals surface area contributed by atoms with Crippen molar-refractivity contribution < 1.29 is 4.79 Å². The van der Waals surface area contributed by atoms with E-state index in [0.717, 1.165) is 0 Å². The normalized spacial score (nSPS) is 8.80. The van der Waals surface area contributed by atoms with Crippen molar-refractivity contribution in [1.82, 2.24) is 10.3 Å². The van der Waals surface area contributed by atoms with E-state index in [9.17, 15) is 4.79 Å². The second-order valence-electron chi connectivity index (χ2n) is 1.64. The smallest absolute Gasteiger partial charge is 0.340 e. The highest BCUT2D eigenvalue weighted by molar-refractivity contribution is 5.75. The monoisotopic (exact) mass is 136 g/mol. The van der Waals surface area contributed by atoms with Gasteiger partial charge >= 0.3 is 6.03 Å². The first-order valence-electron chi connectivity index (χ1n) is 2.71. The van der Waals surface area contributed by atoms with Gasteiger partial charge in [0.25, 0.3) is 0 Å². The lowest BCUT2D eigenvalue weighted by molar-refractivity contribution is 0.251. The minimum Gasteiger partial charge on any atom is -0.350 e. The number of primary amides is 1. The van der Waals surface area contributed by atoms with E-state index in [0.29, 0.717) is 5.82 Å². The van der Waals surface area contributed by atoms with Crippen molar-refractivity contribution >= 4 is 11.8 Å². The van der Waals surface area contributed by atoms with Crippen LogP contribution < -0.4 is 11.1 Å². The molecule has 0 saturated heterocycles. The highest BCUT2D eigenvalue weighted by atomic mass is 16.2. The van der Waals surface area contributed by atoms with Crippen LogP contribution in [0.3, 0.4) is 0 Å². The molecule has 0 spiro atoms. The Morgan fingerprint density at radius 1 is 1.60 bits per heavy atom. The number of nitrogens with two attached hydrogens (primary N) is 1. The van der Waals surface area contributed by atoms with Gasteiger partial charge in [-0.05, 0) is 12.1 Å². The minimum absolute atomic E-state index is 0.343. The largest absolute Gasteiger partial charge is 0.350 e. The first kappa shape index (κ1) is 6.54. The first-order valence-corrected chi connectivity index (χ1v) is 2.71. The summed E-state index contributed by atoms with van der Waals surface area (Å²) in [5, 5.41) is 3.39. The third-order valence-electron chi connectivity index (χ3n) is 0.874. The molecule has 0 saturated carbocycles. The number of carbonyl (C=O) groups is 1. The third-order valence-corrected chi connectivity index (χ3v) is 0.874. The maximum atomic E-state index is 10.2. The Bertz CT molecular complexity index is 222. The van der Waals surface area contributed by atoms with Gasteiger partial charge in [0.15, 0.2) is 5.82 Å². The average molecular weight is 136 g/mol. The van der Waals surface area contributed by atoms with Gasteiger partial charge in [-0.25, -0.2) is 9.78 Å².